The molecule has 0 bridgehead atoms. The molecule has 0 aliphatic carbocycles. The van der Waals surface area contributed by atoms with Gasteiger partial charge in [0.15, 0.2) is 29.8 Å². The number of nitrogens with zero attached hydrogens (tertiary/aromatic N) is 4. The highest BCUT2D eigenvalue weighted by atomic mass is 35.5. The second kappa shape index (κ2) is 8.97. The molecule has 158 valence electrons. The lowest BCUT2D eigenvalue weighted by atomic mass is 10.2. The Balaban J connectivity index is 1.34. The van der Waals surface area contributed by atoms with E-state index in [1.54, 1.807) is 23.0 Å². The molecular weight excluding hydrogens is 428 g/mol. The number of amides is 1. The van der Waals surface area contributed by atoms with Gasteiger partial charge < -0.3 is 10.1 Å². The van der Waals surface area contributed by atoms with Crippen molar-refractivity contribution in [3.8, 4) is 5.75 Å². The molecule has 0 fully saturated rings. The van der Waals surface area contributed by atoms with Crippen LogP contribution in [0, 0.1) is 11.6 Å². The molecule has 0 unspecified atom stereocenters. The largest absolute Gasteiger partial charge is 0.468 e. The van der Waals surface area contributed by atoms with Crippen LogP contribution in [0.4, 0.5) is 14.6 Å². The Bertz CT molecular complexity index is 1220. The lowest BCUT2D eigenvalue weighted by Crippen LogP contribution is -2.15. The Morgan fingerprint density at radius 2 is 1.87 bits per heavy atom. The van der Waals surface area contributed by atoms with Crippen LogP contribution in [-0.2, 0) is 13.3 Å². The third-order valence-corrected chi connectivity index (χ3v) is 4.47. The molecule has 0 spiro atoms. The van der Waals surface area contributed by atoms with Crippen molar-refractivity contribution in [1.82, 2.24) is 19.6 Å². The van der Waals surface area contributed by atoms with E-state index < -0.39 is 17.5 Å². The standard InChI is InChI=1S/C21H16ClF2N5O2/c22-15-3-1-2-14(10-15)12-28-9-7-20(27-28)25-21(30)18-6-8-29(26-18)13-31-19-5-4-16(23)11-17(19)24/h1-11H,12-13H2,(H,25,27,30). The van der Waals surface area contributed by atoms with E-state index in [2.05, 4.69) is 15.5 Å². The molecule has 0 aliphatic rings. The highest BCUT2D eigenvalue weighted by molar-refractivity contribution is 6.30. The fraction of sp³-hybridized carbons (Fsp3) is 0.0952. The summed E-state index contributed by atoms with van der Waals surface area (Å²) in [5.74, 6) is -1.73. The van der Waals surface area contributed by atoms with Crippen LogP contribution in [0.25, 0.3) is 0 Å². The van der Waals surface area contributed by atoms with Gasteiger partial charge in [-0.3, -0.25) is 9.48 Å². The molecule has 0 atom stereocenters. The summed E-state index contributed by atoms with van der Waals surface area (Å²) in [7, 11) is 0. The number of rotatable bonds is 7. The van der Waals surface area contributed by atoms with Crippen LogP contribution in [0.15, 0.2) is 67.0 Å². The summed E-state index contributed by atoms with van der Waals surface area (Å²) in [6.45, 7) is 0.354. The smallest absolute Gasteiger partial charge is 0.277 e. The first kappa shape index (κ1) is 20.5. The van der Waals surface area contributed by atoms with Gasteiger partial charge in [-0.1, -0.05) is 23.7 Å². The summed E-state index contributed by atoms with van der Waals surface area (Å²) >= 11 is 5.99. The Hall–Kier alpha value is -3.72. The first-order valence-corrected chi connectivity index (χ1v) is 9.54. The van der Waals surface area contributed by atoms with E-state index in [4.69, 9.17) is 16.3 Å². The number of carbonyl (C=O) groups excluding carboxylic acids is 1. The van der Waals surface area contributed by atoms with E-state index in [0.717, 1.165) is 17.7 Å². The van der Waals surface area contributed by atoms with Gasteiger partial charge in [0.25, 0.3) is 5.91 Å². The highest BCUT2D eigenvalue weighted by Crippen LogP contribution is 2.18. The van der Waals surface area contributed by atoms with Crippen LogP contribution in [0.1, 0.15) is 16.1 Å². The second-order valence-electron chi connectivity index (χ2n) is 6.57. The topological polar surface area (TPSA) is 74.0 Å². The molecule has 2 heterocycles. The fourth-order valence-corrected chi connectivity index (χ4v) is 3.01. The number of hydrogen-bond acceptors (Lipinski definition) is 4. The minimum absolute atomic E-state index is 0.117. The van der Waals surface area contributed by atoms with Crippen molar-refractivity contribution >= 4 is 23.3 Å². The normalized spacial score (nSPS) is 10.8. The van der Waals surface area contributed by atoms with Crippen molar-refractivity contribution in [3.05, 3.63) is 94.9 Å². The minimum atomic E-state index is -0.821. The molecular formula is C21H16ClF2N5O2. The highest BCUT2D eigenvalue weighted by Gasteiger charge is 2.12. The molecule has 7 nitrogen and oxygen atoms in total. The number of halogens is 3. The minimum Gasteiger partial charge on any atom is -0.468 e. The number of nitrogens with one attached hydrogen (secondary N) is 1. The van der Waals surface area contributed by atoms with Gasteiger partial charge in [-0.2, -0.15) is 10.2 Å². The number of ether oxygens (including phenoxy) is 1. The Labute approximate surface area is 180 Å². The lowest BCUT2D eigenvalue weighted by Gasteiger charge is -2.07. The van der Waals surface area contributed by atoms with Crippen LogP contribution in [-0.4, -0.2) is 25.5 Å². The number of carbonyl (C=O) groups is 1. The monoisotopic (exact) mass is 443 g/mol. The van der Waals surface area contributed by atoms with Crippen LogP contribution < -0.4 is 10.1 Å². The second-order valence-corrected chi connectivity index (χ2v) is 7.01. The quantitative estimate of drug-likeness (QED) is 0.461. The third-order valence-electron chi connectivity index (χ3n) is 4.24. The van der Waals surface area contributed by atoms with Crippen molar-refractivity contribution in [2.45, 2.75) is 13.3 Å². The summed E-state index contributed by atoms with van der Waals surface area (Å²) in [4.78, 5) is 12.4. The molecule has 31 heavy (non-hydrogen) atoms. The predicted molar refractivity (Wildman–Crippen MR) is 110 cm³/mol. The van der Waals surface area contributed by atoms with Crippen LogP contribution >= 0.6 is 11.6 Å². The molecule has 1 N–H and O–H groups in total. The Morgan fingerprint density at radius 3 is 2.68 bits per heavy atom. The third kappa shape index (κ3) is 5.26. The van der Waals surface area contributed by atoms with Gasteiger partial charge in [0, 0.05) is 29.5 Å². The molecule has 4 aromatic rings. The average Bonchev–Trinajstić information content (AvgIpc) is 3.37. The van der Waals surface area contributed by atoms with Gasteiger partial charge >= 0.3 is 0 Å². The number of anilines is 1. The van der Waals surface area contributed by atoms with Crippen LogP contribution in [0.2, 0.25) is 5.02 Å². The lowest BCUT2D eigenvalue weighted by molar-refractivity contribution is 0.101. The van der Waals surface area contributed by atoms with Crippen LogP contribution in [0.3, 0.4) is 0 Å². The van der Waals surface area contributed by atoms with E-state index in [9.17, 15) is 13.6 Å². The van der Waals surface area contributed by atoms with Gasteiger partial charge in [-0.05, 0) is 35.9 Å². The maximum absolute atomic E-state index is 13.6. The zero-order valence-corrected chi connectivity index (χ0v) is 16.8. The molecule has 0 saturated carbocycles. The summed E-state index contributed by atoms with van der Waals surface area (Å²) in [6.07, 6.45) is 3.24. The first-order chi connectivity index (χ1) is 15.0. The molecule has 10 heteroatoms. The van der Waals surface area contributed by atoms with Crippen molar-refractivity contribution in [3.63, 3.8) is 0 Å². The summed E-state index contributed by atoms with van der Waals surface area (Å²) in [5, 5.41) is 11.7. The zero-order valence-electron chi connectivity index (χ0n) is 16.0. The number of hydrogen-bond donors (Lipinski definition) is 1. The summed E-state index contributed by atoms with van der Waals surface area (Å²) in [6, 6.07) is 13.6. The van der Waals surface area contributed by atoms with Crippen molar-refractivity contribution in [2.75, 3.05) is 5.32 Å². The van der Waals surface area contributed by atoms with E-state index in [1.165, 1.54) is 23.0 Å². The molecule has 0 saturated heterocycles. The van der Waals surface area contributed by atoms with Gasteiger partial charge in [0.2, 0.25) is 0 Å². The van der Waals surface area contributed by atoms with E-state index in [-0.39, 0.29) is 18.2 Å². The van der Waals surface area contributed by atoms with Gasteiger partial charge in [-0.15, -0.1) is 0 Å². The number of benzene rings is 2. The molecule has 1 amide bonds. The van der Waals surface area contributed by atoms with Gasteiger partial charge in [0.05, 0.1) is 6.54 Å². The molecule has 0 aliphatic heterocycles. The molecule has 2 aromatic heterocycles. The van der Waals surface area contributed by atoms with Gasteiger partial charge in [-0.25, -0.2) is 13.5 Å². The molecule has 4 rings (SSSR count). The Kier molecular flexibility index (Phi) is 5.94. The average molecular weight is 444 g/mol. The predicted octanol–water partition coefficient (Wildman–Crippen LogP) is 4.35. The zero-order chi connectivity index (χ0) is 21.8. The SMILES string of the molecule is O=C(Nc1ccn(Cc2cccc(Cl)c2)n1)c1ccn(COc2ccc(F)cc2F)n1. The maximum Gasteiger partial charge on any atom is 0.277 e. The van der Waals surface area contributed by atoms with Crippen LogP contribution in [0.5, 0.6) is 5.75 Å². The first-order valence-electron chi connectivity index (χ1n) is 9.17. The summed E-state index contributed by atoms with van der Waals surface area (Å²) < 4.78 is 34.8. The van der Waals surface area contributed by atoms with Crippen molar-refractivity contribution in [2.24, 2.45) is 0 Å². The van der Waals surface area contributed by atoms with E-state index in [0.29, 0.717) is 17.4 Å². The summed E-state index contributed by atoms with van der Waals surface area (Å²) in [5.41, 5.74) is 1.11. The fourth-order valence-electron chi connectivity index (χ4n) is 2.80. The Morgan fingerprint density at radius 1 is 1.03 bits per heavy atom. The number of aromatic nitrogens is 4. The molecule has 0 radical (unpaired) electrons. The van der Waals surface area contributed by atoms with E-state index >= 15 is 0 Å². The van der Waals surface area contributed by atoms with Crippen molar-refractivity contribution in [1.29, 1.82) is 0 Å². The van der Waals surface area contributed by atoms with E-state index in [1.807, 2.05) is 18.2 Å². The molecule has 2 aromatic carbocycles. The van der Waals surface area contributed by atoms with Crippen molar-refractivity contribution < 1.29 is 18.3 Å². The van der Waals surface area contributed by atoms with Gasteiger partial charge in [0.1, 0.15) is 5.82 Å². The maximum atomic E-state index is 13.6.